The second-order valence-electron chi connectivity index (χ2n) is 7.18. The van der Waals surface area contributed by atoms with Crippen molar-refractivity contribution in [2.75, 3.05) is 13.1 Å². The number of aromatic nitrogens is 2. The van der Waals surface area contributed by atoms with Gasteiger partial charge in [-0.3, -0.25) is 4.68 Å². The molecule has 2 aromatic rings. The monoisotopic (exact) mass is 405 g/mol. The predicted molar refractivity (Wildman–Crippen MR) is 107 cm³/mol. The van der Waals surface area contributed by atoms with Gasteiger partial charge in [0.25, 0.3) is 0 Å². The van der Waals surface area contributed by atoms with Crippen LogP contribution in [0.3, 0.4) is 0 Å². The molecule has 142 valence electrons. The minimum atomic E-state index is -0.833. The number of piperidine rings is 1. The highest BCUT2D eigenvalue weighted by molar-refractivity contribution is 6.39. The smallest absolute Gasteiger partial charge is 0.407 e. The maximum atomic E-state index is 11.1. The van der Waals surface area contributed by atoms with Gasteiger partial charge in [0.2, 0.25) is 0 Å². The molecule has 1 aromatic heterocycles. The van der Waals surface area contributed by atoms with E-state index in [-0.39, 0.29) is 0 Å². The zero-order chi connectivity index (χ0) is 19.0. The number of carbonyl (C=O) groups is 1. The van der Waals surface area contributed by atoms with Crippen molar-refractivity contribution >= 4 is 35.4 Å². The van der Waals surface area contributed by atoms with Gasteiger partial charge in [-0.1, -0.05) is 35.3 Å². The highest BCUT2D eigenvalue weighted by Gasteiger charge is 2.28. The van der Waals surface area contributed by atoms with Gasteiger partial charge in [0.15, 0.2) is 0 Å². The summed E-state index contributed by atoms with van der Waals surface area (Å²) in [5.41, 5.74) is 2.78. The minimum absolute atomic E-state index is 0.359. The normalized spacial score (nSPS) is 18.4. The number of rotatable bonds is 4. The number of carboxylic acid groups (broad SMARTS) is 1. The predicted octanol–water partition coefficient (Wildman–Crippen LogP) is 5.60. The first-order valence-corrected chi connectivity index (χ1v) is 9.98. The van der Waals surface area contributed by atoms with E-state index in [1.165, 1.54) is 4.90 Å². The van der Waals surface area contributed by atoms with Crippen molar-refractivity contribution in [1.82, 2.24) is 14.7 Å². The maximum Gasteiger partial charge on any atom is 0.407 e. The van der Waals surface area contributed by atoms with Gasteiger partial charge in [0, 0.05) is 24.2 Å². The Bertz CT molecular complexity index is 861. The number of hydrogen-bond donors (Lipinski definition) is 1. The first-order chi connectivity index (χ1) is 13.0. The Hall–Kier alpha value is -1.98. The molecule has 4 rings (SSSR count). The number of allylic oxidation sites excluding steroid dienone is 1. The summed E-state index contributed by atoms with van der Waals surface area (Å²) >= 11 is 12.9. The van der Waals surface area contributed by atoms with E-state index in [9.17, 15) is 4.79 Å². The van der Waals surface area contributed by atoms with Gasteiger partial charge in [-0.05, 0) is 49.8 Å². The topological polar surface area (TPSA) is 58.4 Å². The van der Waals surface area contributed by atoms with Crippen LogP contribution < -0.4 is 0 Å². The largest absolute Gasteiger partial charge is 0.465 e. The first kappa shape index (κ1) is 18.4. The Labute approximate surface area is 168 Å². The molecule has 2 heterocycles. The Balaban J connectivity index is 1.62. The van der Waals surface area contributed by atoms with E-state index in [1.54, 1.807) is 0 Å². The summed E-state index contributed by atoms with van der Waals surface area (Å²) < 4.78 is 2.07. The fraction of sp³-hybridized carbons (Fsp3) is 0.400. The lowest BCUT2D eigenvalue weighted by molar-refractivity contribution is 0.129. The van der Waals surface area contributed by atoms with Gasteiger partial charge in [-0.15, -0.1) is 0 Å². The summed E-state index contributed by atoms with van der Waals surface area (Å²) in [7, 11) is 0. The molecule has 27 heavy (non-hydrogen) atoms. The lowest BCUT2D eigenvalue weighted by Crippen LogP contribution is -2.36. The molecule has 5 nitrogen and oxygen atoms in total. The molecule has 0 unspecified atom stereocenters. The molecule has 1 aromatic carbocycles. The van der Waals surface area contributed by atoms with Crippen molar-refractivity contribution in [1.29, 1.82) is 0 Å². The Morgan fingerprint density at radius 2 is 1.81 bits per heavy atom. The molecule has 1 saturated carbocycles. The second kappa shape index (κ2) is 7.56. The average Bonchev–Trinajstić information content (AvgIpc) is 3.41. The number of amides is 1. The molecule has 0 atom stereocenters. The number of halogens is 2. The van der Waals surface area contributed by atoms with Crippen molar-refractivity contribution in [3.05, 3.63) is 46.2 Å². The third kappa shape index (κ3) is 3.85. The first-order valence-electron chi connectivity index (χ1n) is 9.22. The lowest BCUT2D eigenvalue weighted by Gasteiger charge is -2.28. The molecule has 1 aliphatic heterocycles. The molecule has 0 radical (unpaired) electrons. The van der Waals surface area contributed by atoms with Gasteiger partial charge < -0.3 is 10.0 Å². The van der Waals surface area contributed by atoms with Crippen molar-refractivity contribution in [2.24, 2.45) is 5.92 Å². The van der Waals surface area contributed by atoms with Gasteiger partial charge >= 0.3 is 6.09 Å². The van der Waals surface area contributed by atoms with E-state index in [0.717, 1.165) is 42.5 Å². The van der Waals surface area contributed by atoms with E-state index in [1.807, 2.05) is 24.4 Å². The Kier molecular flexibility index (Phi) is 5.15. The number of benzene rings is 1. The van der Waals surface area contributed by atoms with Crippen LogP contribution in [0.2, 0.25) is 10.0 Å². The molecule has 1 N–H and O–H groups in total. The summed E-state index contributed by atoms with van der Waals surface area (Å²) in [6, 6.07) is 5.96. The summed E-state index contributed by atoms with van der Waals surface area (Å²) in [5.74, 6) is 0.359. The molecule has 0 spiro atoms. The molecule has 1 aliphatic carbocycles. The van der Waals surface area contributed by atoms with Crippen molar-refractivity contribution in [2.45, 2.75) is 31.7 Å². The number of hydrogen-bond acceptors (Lipinski definition) is 2. The maximum absolute atomic E-state index is 11.1. The Morgan fingerprint density at radius 3 is 2.41 bits per heavy atom. The highest BCUT2D eigenvalue weighted by atomic mass is 35.5. The van der Waals surface area contributed by atoms with E-state index in [0.29, 0.717) is 35.1 Å². The quantitative estimate of drug-likeness (QED) is 0.720. The number of likely N-dealkylation sites (tertiary alicyclic amines) is 1. The molecule has 7 heteroatoms. The summed E-state index contributed by atoms with van der Waals surface area (Å²) in [6.45, 7) is 1.16. The minimum Gasteiger partial charge on any atom is -0.465 e. The summed E-state index contributed by atoms with van der Waals surface area (Å²) in [4.78, 5) is 12.5. The van der Waals surface area contributed by atoms with E-state index < -0.39 is 6.09 Å². The zero-order valence-electron chi connectivity index (χ0n) is 14.8. The van der Waals surface area contributed by atoms with Crippen LogP contribution in [0.25, 0.3) is 17.2 Å². The van der Waals surface area contributed by atoms with Crippen LogP contribution >= 0.6 is 23.2 Å². The van der Waals surface area contributed by atoms with E-state index >= 15 is 0 Å². The SMILES string of the molecule is O=C(O)N1CCC(C=Cc2c(-c3c(Cl)cccc3Cl)cnn2C2CC2)CC1. The fourth-order valence-corrected chi connectivity index (χ4v) is 4.21. The second-order valence-corrected chi connectivity index (χ2v) is 8.00. The van der Waals surface area contributed by atoms with Crippen LogP contribution in [0, 0.1) is 5.92 Å². The molecule has 2 aliphatic rings. The average molecular weight is 406 g/mol. The van der Waals surface area contributed by atoms with E-state index in [4.69, 9.17) is 28.3 Å². The van der Waals surface area contributed by atoms with Crippen molar-refractivity contribution in [3.63, 3.8) is 0 Å². The van der Waals surface area contributed by atoms with E-state index in [2.05, 4.69) is 21.9 Å². The van der Waals surface area contributed by atoms with Crippen LogP contribution in [0.4, 0.5) is 4.79 Å². The zero-order valence-corrected chi connectivity index (χ0v) is 16.3. The molecular formula is C20H21Cl2N3O2. The standard InChI is InChI=1S/C20H21Cl2N3O2/c21-16-2-1-3-17(22)19(16)15-12-23-25(14-5-6-14)18(15)7-4-13-8-10-24(11-9-13)20(26)27/h1-4,7,12-14H,5-6,8-11H2,(H,26,27). The summed E-state index contributed by atoms with van der Waals surface area (Å²) in [6.07, 6.45) is 9.25. The third-order valence-corrected chi connectivity index (χ3v) is 5.93. The molecule has 2 fully saturated rings. The lowest BCUT2D eigenvalue weighted by atomic mass is 9.95. The molecule has 0 bridgehead atoms. The molecule has 1 saturated heterocycles. The van der Waals surface area contributed by atoms with Gasteiger partial charge in [0.1, 0.15) is 0 Å². The van der Waals surface area contributed by atoms with Crippen LogP contribution in [-0.4, -0.2) is 39.0 Å². The van der Waals surface area contributed by atoms with Crippen LogP contribution in [0.1, 0.15) is 37.4 Å². The van der Waals surface area contributed by atoms with Crippen LogP contribution in [0.5, 0.6) is 0 Å². The van der Waals surface area contributed by atoms with Gasteiger partial charge in [-0.25, -0.2) is 4.79 Å². The highest BCUT2D eigenvalue weighted by Crippen LogP contribution is 2.42. The Morgan fingerprint density at radius 1 is 1.15 bits per heavy atom. The fourth-order valence-electron chi connectivity index (χ4n) is 3.61. The van der Waals surface area contributed by atoms with Gasteiger partial charge in [-0.2, -0.15) is 5.10 Å². The number of nitrogens with zero attached hydrogens (tertiary/aromatic N) is 3. The molecular weight excluding hydrogens is 385 g/mol. The van der Waals surface area contributed by atoms with Gasteiger partial charge in [0.05, 0.1) is 28.0 Å². The van der Waals surface area contributed by atoms with Crippen molar-refractivity contribution in [3.8, 4) is 11.1 Å². The third-order valence-electron chi connectivity index (χ3n) is 5.30. The van der Waals surface area contributed by atoms with Crippen LogP contribution in [0.15, 0.2) is 30.5 Å². The summed E-state index contributed by atoms with van der Waals surface area (Å²) in [5, 5.41) is 14.9. The molecule has 1 amide bonds. The van der Waals surface area contributed by atoms with Crippen LogP contribution in [-0.2, 0) is 0 Å². The van der Waals surface area contributed by atoms with Crippen molar-refractivity contribution < 1.29 is 9.90 Å².